The van der Waals surface area contributed by atoms with Crippen LogP contribution in [-0.2, 0) is 13.3 Å². The predicted molar refractivity (Wildman–Crippen MR) is 97.1 cm³/mol. The van der Waals surface area contributed by atoms with Crippen molar-refractivity contribution >= 4 is 8.80 Å². The van der Waals surface area contributed by atoms with Gasteiger partial charge in [-0.25, -0.2) is 0 Å². The molecule has 0 amide bonds. The zero-order valence-electron chi connectivity index (χ0n) is 16.5. The van der Waals surface area contributed by atoms with Crippen LogP contribution < -0.4 is 0 Å². The Hall–Kier alpha value is 0.0969. The van der Waals surface area contributed by atoms with Gasteiger partial charge in [0.1, 0.15) is 0 Å². The molecule has 0 heterocycles. The number of hydrogen-bond acceptors (Lipinski definition) is 3. The van der Waals surface area contributed by atoms with Gasteiger partial charge >= 0.3 is 8.80 Å². The fourth-order valence-corrected chi connectivity index (χ4v) is 5.95. The quantitative estimate of drug-likeness (QED) is 0.440. The van der Waals surface area contributed by atoms with E-state index in [1.54, 1.807) is 0 Å². The maximum absolute atomic E-state index is 6.40. The van der Waals surface area contributed by atoms with Crippen LogP contribution in [0.3, 0.4) is 0 Å². The van der Waals surface area contributed by atoms with E-state index in [2.05, 4.69) is 62.3 Å². The Balaban J connectivity index is 5.35. The van der Waals surface area contributed by atoms with E-state index in [1.807, 2.05) is 0 Å². The van der Waals surface area contributed by atoms with Crippen LogP contribution in [0.1, 0.15) is 75.2 Å². The van der Waals surface area contributed by atoms with Gasteiger partial charge in [-0.15, -0.1) is 0 Å². The topological polar surface area (TPSA) is 27.7 Å². The minimum absolute atomic E-state index is 0.0551. The van der Waals surface area contributed by atoms with Crippen molar-refractivity contribution in [1.29, 1.82) is 0 Å². The molecule has 4 heteroatoms. The van der Waals surface area contributed by atoms with Crippen molar-refractivity contribution in [3.63, 3.8) is 0 Å². The number of hydrogen-bond donors (Lipinski definition) is 0. The van der Waals surface area contributed by atoms with Crippen LogP contribution in [0, 0.1) is 17.8 Å². The zero-order chi connectivity index (χ0) is 17.4. The van der Waals surface area contributed by atoms with Crippen molar-refractivity contribution in [1.82, 2.24) is 0 Å². The van der Waals surface area contributed by atoms with Gasteiger partial charge in [0.2, 0.25) is 0 Å². The van der Waals surface area contributed by atoms with Gasteiger partial charge in [0.25, 0.3) is 0 Å². The molecule has 0 aliphatic carbocycles. The van der Waals surface area contributed by atoms with Gasteiger partial charge in [0.15, 0.2) is 0 Å². The maximum atomic E-state index is 6.40. The summed E-state index contributed by atoms with van der Waals surface area (Å²) in [5, 5.41) is -0.0551. The van der Waals surface area contributed by atoms with Crippen LogP contribution in [0.4, 0.5) is 0 Å². The fraction of sp³-hybridized carbons (Fsp3) is 1.00. The van der Waals surface area contributed by atoms with E-state index < -0.39 is 8.80 Å². The molecule has 0 bridgehead atoms. The van der Waals surface area contributed by atoms with E-state index in [4.69, 9.17) is 13.3 Å². The smallest absolute Gasteiger partial charge is 0.373 e. The molecule has 0 fully saturated rings. The Kier molecular flexibility index (Phi) is 10.1. The molecule has 0 radical (unpaired) electrons. The van der Waals surface area contributed by atoms with Gasteiger partial charge in [-0.3, -0.25) is 0 Å². The largest absolute Gasteiger partial charge is 0.506 e. The molecule has 0 aromatic rings. The third-order valence-electron chi connectivity index (χ3n) is 3.52. The van der Waals surface area contributed by atoms with Crippen molar-refractivity contribution in [2.45, 2.75) is 80.2 Å². The van der Waals surface area contributed by atoms with Gasteiger partial charge < -0.3 is 13.3 Å². The van der Waals surface area contributed by atoms with E-state index >= 15 is 0 Å². The molecule has 0 atom stereocenters. The lowest BCUT2D eigenvalue weighted by Crippen LogP contribution is -2.56. The van der Waals surface area contributed by atoms with Crippen molar-refractivity contribution in [3.8, 4) is 0 Å². The average molecular weight is 333 g/mol. The molecule has 0 saturated heterocycles. The van der Waals surface area contributed by atoms with Gasteiger partial charge in [0, 0.05) is 24.9 Å². The molecule has 0 N–H and O–H groups in total. The molecule has 22 heavy (non-hydrogen) atoms. The van der Waals surface area contributed by atoms with Crippen LogP contribution >= 0.6 is 0 Å². The highest BCUT2D eigenvalue weighted by Crippen LogP contribution is 2.44. The molecule has 0 aliphatic heterocycles. The molecule has 134 valence electrons. The Morgan fingerprint density at radius 2 is 1.05 bits per heavy atom. The molecular weight excluding hydrogens is 292 g/mol. The van der Waals surface area contributed by atoms with Crippen molar-refractivity contribution in [2.24, 2.45) is 17.8 Å². The second kappa shape index (κ2) is 10.1. The molecule has 0 aliphatic rings. The summed E-state index contributed by atoms with van der Waals surface area (Å²) in [5.74, 6) is 1.44. The fourth-order valence-electron chi connectivity index (χ4n) is 2.32. The number of rotatable bonds is 12. The Labute approximate surface area is 140 Å². The van der Waals surface area contributed by atoms with Crippen LogP contribution in [0.5, 0.6) is 0 Å². The minimum atomic E-state index is -2.73. The van der Waals surface area contributed by atoms with Crippen molar-refractivity contribution in [2.75, 3.05) is 19.8 Å². The lowest BCUT2D eigenvalue weighted by molar-refractivity contribution is 0.0158. The molecule has 0 aromatic heterocycles. The molecule has 0 aromatic carbocycles. The second-order valence-electron chi connectivity index (χ2n) is 8.30. The first-order valence-electron chi connectivity index (χ1n) is 8.98. The first kappa shape index (κ1) is 22.1. The molecular formula is C18H40O3Si. The van der Waals surface area contributed by atoms with E-state index in [0.29, 0.717) is 37.6 Å². The maximum Gasteiger partial charge on any atom is 0.506 e. The van der Waals surface area contributed by atoms with Crippen LogP contribution in [0.15, 0.2) is 0 Å². The summed E-state index contributed by atoms with van der Waals surface area (Å²) in [6.45, 7) is 21.9. The molecule has 0 unspecified atom stereocenters. The third-order valence-corrected chi connectivity index (χ3v) is 7.07. The first-order chi connectivity index (χ1) is 10.1. The summed E-state index contributed by atoms with van der Waals surface area (Å²) in [4.78, 5) is 0. The van der Waals surface area contributed by atoms with E-state index in [-0.39, 0.29) is 5.04 Å². The Bertz CT molecular complexity index is 257. The van der Waals surface area contributed by atoms with E-state index in [0.717, 1.165) is 12.8 Å². The average Bonchev–Trinajstić information content (AvgIpc) is 2.37. The summed E-state index contributed by atoms with van der Waals surface area (Å²) in [7, 11) is -2.73. The lowest BCUT2D eigenvalue weighted by Gasteiger charge is -2.42. The van der Waals surface area contributed by atoms with Crippen molar-refractivity contribution in [3.05, 3.63) is 0 Å². The monoisotopic (exact) mass is 332 g/mol. The van der Waals surface area contributed by atoms with Gasteiger partial charge in [-0.1, -0.05) is 68.7 Å². The zero-order valence-corrected chi connectivity index (χ0v) is 17.5. The second-order valence-corrected chi connectivity index (χ2v) is 11.6. The van der Waals surface area contributed by atoms with E-state index in [9.17, 15) is 0 Å². The Morgan fingerprint density at radius 1 is 0.727 bits per heavy atom. The summed E-state index contributed by atoms with van der Waals surface area (Å²) in [6.07, 6.45) is 2.18. The molecule has 0 saturated carbocycles. The predicted octanol–water partition coefficient (Wildman–Crippen LogP) is 5.52. The molecule has 0 spiro atoms. The van der Waals surface area contributed by atoms with Gasteiger partial charge in [-0.2, -0.15) is 0 Å². The minimum Gasteiger partial charge on any atom is -0.373 e. The molecule has 0 rings (SSSR count). The van der Waals surface area contributed by atoms with E-state index in [1.165, 1.54) is 0 Å². The standard InChI is InChI=1S/C18H40O3Si/c1-10-11-18(8,9)22(19-12-15(2)3,20-13-16(4)5)21-14-17(6)7/h15-17H,10-14H2,1-9H3. The molecule has 3 nitrogen and oxygen atoms in total. The Morgan fingerprint density at radius 3 is 1.27 bits per heavy atom. The summed E-state index contributed by atoms with van der Waals surface area (Å²) >= 11 is 0. The van der Waals surface area contributed by atoms with Crippen LogP contribution in [-0.4, -0.2) is 28.6 Å². The highest BCUT2D eigenvalue weighted by atomic mass is 28.4. The normalized spacial score (nSPS) is 13.6. The first-order valence-corrected chi connectivity index (χ1v) is 10.7. The third kappa shape index (κ3) is 7.58. The lowest BCUT2D eigenvalue weighted by atomic mass is 10.1. The van der Waals surface area contributed by atoms with Crippen molar-refractivity contribution < 1.29 is 13.3 Å². The van der Waals surface area contributed by atoms with Gasteiger partial charge in [0.05, 0.1) is 0 Å². The van der Waals surface area contributed by atoms with Crippen LogP contribution in [0.2, 0.25) is 5.04 Å². The van der Waals surface area contributed by atoms with Crippen LogP contribution in [0.25, 0.3) is 0 Å². The highest BCUT2D eigenvalue weighted by molar-refractivity contribution is 6.64. The summed E-state index contributed by atoms with van der Waals surface area (Å²) < 4.78 is 19.2. The highest BCUT2D eigenvalue weighted by Gasteiger charge is 2.55. The van der Waals surface area contributed by atoms with Gasteiger partial charge in [-0.05, 0) is 24.2 Å². The SMILES string of the molecule is CCCC(C)(C)[Si](OCC(C)C)(OCC(C)C)OCC(C)C. The summed E-state index contributed by atoms with van der Waals surface area (Å²) in [5.41, 5.74) is 0. The summed E-state index contributed by atoms with van der Waals surface area (Å²) in [6, 6.07) is 0.